The van der Waals surface area contributed by atoms with Gasteiger partial charge in [-0.05, 0) is 55.3 Å². The first-order valence-electron chi connectivity index (χ1n) is 23.2. The van der Waals surface area contributed by atoms with Crippen molar-refractivity contribution in [2.24, 2.45) is 11.1 Å². The Morgan fingerprint density at radius 1 is 0.743 bits per heavy atom. The van der Waals surface area contributed by atoms with Gasteiger partial charge in [-0.1, -0.05) is 75.7 Å². The fourth-order valence-electron chi connectivity index (χ4n) is 7.89. The Morgan fingerprint density at radius 3 is 2.07 bits per heavy atom. The number of piperidine rings is 1. The van der Waals surface area contributed by atoms with Gasteiger partial charge in [-0.15, -0.1) is 0 Å². The first-order chi connectivity index (χ1) is 33.3. The van der Waals surface area contributed by atoms with Crippen molar-refractivity contribution in [3.05, 3.63) is 90.1 Å². The molecule has 3 heterocycles. The normalized spacial score (nSPS) is 16.2. The number of fused-ring (bicyclic) bond motifs is 1. The van der Waals surface area contributed by atoms with Gasteiger partial charge in [0, 0.05) is 54.7 Å². The number of imidazole rings is 1. The second kappa shape index (κ2) is 25.1. The van der Waals surface area contributed by atoms with E-state index in [1.54, 1.807) is 57.3 Å². The van der Waals surface area contributed by atoms with Crippen molar-refractivity contribution in [1.29, 1.82) is 0 Å². The van der Waals surface area contributed by atoms with E-state index in [9.17, 15) is 48.3 Å². The highest BCUT2D eigenvalue weighted by molar-refractivity contribution is 5.98. The first kappa shape index (κ1) is 53.3. The molecule has 0 saturated carbocycles. The van der Waals surface area contributed by atoms with E-state index < -0.39 is 102 Å². The molecule has 0 unspecified atom stereocenters. The number of nitrogens with two attached hydrogens (primary N) is 1. The SMILES string of the molecule is C[C@H](NC(=O)[C@H](Cc1c[nH]c2ccccc12)NC(=O)[C@H](CCC(N)=O)NC(=O)[C@@H](Cc1ccccc1)NC(=O)[C@@H]1CCCCN1)C(=O)N[C@H](C(=O)NCC(=O)N[C@@H](Cc1cnc[nH]1)C(=O)O)C(C)(C)C. The maximum absolute atomic E-state index is 14.3. The number of rotatable bonds is 24. The number of aromatic nitrogens is 3. The summed E-state index contributed by atoms with van der Waals surface area (Å²) in [6.45, 7) is 6.39. The van der Waals surface area contributed by atoms with Crippen LogP contribution in [0.2, 0.25) is 0 Å². The van der Waals surface area contributed by atoms with Crippen LogP contribution in [0, 0.1) is 5.41 Å². The van der Waals surface area contributed by atoms with Gasteiger partial charge in [-0.25, -0.2) is 9.78 Å². The van der Waals surface area contributed by atoms with Crippen LogP contribution in [-0.2, 0) is 62.4 Å². The van der Waals surface area contributed by atoms with Crippen molar-refractivity contribution in [3.63, 3.8) is 0 Å². The number of carboxylic acid groups (broad SMARTS) is 1. The third-order valence-electron chi connectivity index (χ3n) is 11.8. The van der Waals surface area contributed by atoms with E-state index in [2.05, 4.69) is 57.5 Å². The predicted octanol–water partition coefficient (Wildman–Crippen LogP) is -0.498. The molecule has 8 amide bonds. The van der Waals surface area contributed by atoms with Crippen LogP contribution >= 0.6 is 0 Å². The summed E-state index contributed by atoms with van der Waals surface area (Å²) in [4.78, 5) is 130. The van der Waals surface area contributed by atoms with E-state index in [1.165, 1.54) is 19.4 Å². The van der Waals surface area contributed by atoms with E-state index in [0.29, 0.717) is 24.2 Å². The number of aromatic amines is 2. The predicted molar refractivity (Wildman–Crippen MR) is 256 cm³/mol. The maximum atomic E-state index is 14.3. The molecule has 2 aromatic carbocycles. The Hall–Kier alpha value is -7.62. The third-order valence-corrected chi connectivity index (χ3v) is 11.8. The number of hydrogen-bond donors (Lipinski definition) is 12. The largest absolute Gasteiger partial charge is 0.480 e. The molecule has 1 aliphatic rings. The fourth-order valence-corrected chi connectivity index (χ4v) is 7.89. The zero-order valence-corrected chi connectivity index (χ0v) is 39.7. The number of hydrogen-bond acceptors (Lipinski definition) is 11. The molecule has 1 fully saturated rings. The Balaban J connectivity index is 1.31. The Labute approximate surface area is 404 Å². The minimum absolute atomic E-state index is 0.0778. The number of aliphatic carboxylic acids is 1. The van der Waals surface area contributed by atoms with Crippen LogP contribution in [0.5, 0.6) is 0 Å². The van der Waals surface area contributed by atoms with Crippen LogP contribution in [0.1, 0.15) is 76.6 Å². The molecule has 0 spiro atoms. The van der Waals surface area contributed by atoms with Crippen molar-refractivity contribution in [2.75, 3.05) is 13.1 Å². The summed E-state index contributed by atoms with van der Waals surface area (Å²) in [5.41, 5.74) is 7.13. The number of carbonyl (C=O) groups excluding carboxylic acids is 8. The Morgan fingerprint density at radius 2 is 1.41 bits per heavy atom. The molecule has 1 saturated heterocycles. The molecule has 0 radical (unpaired) electrons. The topological polar surface area (TPSA) is 341 Å². The smallest absolute Gasteiger partial charge is 0.326 e. The molecule has 2 aromatic heterocycles. The summed E-state index contributed by atoms with van der Waals surface area (Å²) in [7, 11) is 0. The van der Waals surface area contributed by atoms with Gasteiger partial charge in [-0.2, -0.15) is 0 Å². The van der Waals surface area contributed by atoms with Gasteiger partial charge in [0.2, 0.25) is 47.3 Å². The molecular weight excluding hydrogens is 905 g/mol. The van der Waals surface area contributed by atoms with Crippen molar-refractivity contribution in [3.8, 4) is 0 Å². The lowest BCUT2D eigenvalue weighted by Crippen LogP contribution is -2.61. The van der Waals surface area contributed by atoms with E-state index in [0.717, 1.165) is 29.3 Å². The number of primary amides is 1. The molecule has 22 nitrogen and oxygen atoms in total. The van der Waals surface area contributed by atoms with Gasteiger partial charge in [-0.3, -0.25) is 38.4 Å². The average molecular weight is 969 g/mol. The van der Waals surface area contributed by atoms with Crippen LogP contribution in [0.15, 0.2) is 73.3 Å². The Kier molecular flexibility index (Phi) is 19.1. The minimum atomic E-state index is -1.42. The molecule has 22 heteroatoms. The molecule has 4 aromatic rings. The average Bonchev–Trinajstić information content (AvgIpc) is 4.00. The number of benzene rings is 2. The highest BCUT2D eigenvalue weighted by Crippen LogP contribution is 2.21. The number of carbonyl (C=O) groups is 9. The van der Waals surface area contributed by atoms with Crippen LogP contribution in [0.4, 0.5) is 0 Å². The van der Waals surface area contributed by atoms with Gasteiger partial charge in [0.25, 0.3) is 0 Å². The molecule has 70 heavy (non-hydrogen) atoms. The second-order valence-electron chi connectivity index (χ2n) is 18.4. The minimum Gasteiger partial charge on any atom is -0.480 e. The van der Waals surface area contributed by atoms with E-state index in [-0.39, 0.29) is 38.0 Å². The quantitative estimate of drug-likeness (QED) is 0.0423. The summed E-state index contributed by atoms with van der Waals surface area (Å²) in [6.07, 6.45) is 6.08. The van der Waals surface area contributed by atoms with Crippen molar-refractivity contribution in [1.82, 2.24) is 57.5 Å². The molecule has 5 rings (SSSR count). The van der Waals surface area contributed by atoms with Gasteiger partial charge < -0.3 is 63.3 Å². The van der Waals surface area contributed by atoms with Crippen LogP contribution in [-0.4, -0.2) is 129 Å². The molecule has 0 bridgehead atoms. The first-order valence-corrected chi connectivity index (χ1v) is 23.2. The van der Waals surface area contributed by atoms with Gasteiger partial charge in [0.15, 0.2) is 0 Å². The Bertz CT molecular complexity index is 2470. The lowest BCUT2D eigenvalue weighted by atomic mass is 9.86. The number of amides is 8. The number of carboxylic acids is 1. The summed E-state index contributed by atoms with van der Waals surface area (Å²) >= 11 is 0. The monoisotopic (exact) mass is 968 g/mol. The van der Waals surface area contributed by atoms with Crippen molar-refractivity contribution < 1.29 is 48.3 Å². The standard InChI is InChI=1S/C48H64N12O10/c1-27(41(63)60-40(48(2,3)4)46(68)53-25-39(62)56-37(47(69)70)22-30-24-50-26-54-30)55-44(66)36(21-29-23-52-32-15-9-8-14-31(29)32)59-43(65)34(17-18-38(49)61)57-45(67)35(20-28-12-6-5-7-13-28)58-42(64)33-16-10-11-19-51-33/h5-9,12-15,23-24,26-27,33-37,40,51-52H,10-11,16-22,25H2,1-4H3,(H2,49,61)(H,50,54)(H,53,68)(H,55,66)(H,56,62)(H,57,67)(H,58,64)(H,59,65)(H,60,63)(H,69,70)/t27-,33-,34-,35+,36-,37-,40+/m0/s1. The summed E-state index contributed by atoms with van der Waals surface area (Å²) in [5, 5.41) is 31.8. The van der Waals surface area contributed by atoms with Crippen LogP contribution < -0.4 is 48.3 Å². The number of nitrogens with one attached hydrogen (secondary N) is 10. The lowest BCUT2D eigenvalue weighted by molar-refractivity contribution is -0.141. The summed E-state index contributed by atoms with van der Waals surface area (Å²) in [5.74, 6) is -7.18. The van der Waals surface area contributed by atoms with Gasteiger partial charge in [0.1, 0.15) is 36.3 Å². The molecular formula is C48H64N12O10. The fraction of sp³-hybridized carbons (Fsp3) is 0.458. The molecule has 0 aliphatic carbocycles. The zero-order valence-electron chi connectivity index (χ0n) is 39.7. The number of para-hydroxylation sites is 1. The molecule has 13 N–H and O–H groups in total. The highest BCUT2D eigenvalue weighted by atomic mass is 16.4. The maximum Gasteiger partial charge on any atom is 0.326 e. The van der Waals surface area contributed by atoms with E-state index in [1.807, 2.05) is 24.3 Å². The summed E-state index contributed by atoms with van der Waals surface area (Å²) < 4.78 is 0. The van der Waals surface area contributed by atoms with Crippen molar-refractivity contribution in [2.45, 2.75) is 121 Å². The second-order valence-corrected chi connectivity index (χ2v) is 18.4. The number of H-pyrrole nitrogens is 2. The molecule has 1 aliphatic heterocycles. The summed E-state index contributed by atoms with van der Waals surface area (Å²) in [6, 6.07) is 7.92. The number of nitrogens with zero attached hydrogens (tertiary/aromatic N) is 1. The van der Waals surface area contributed by atoms with Gasteiger partial charge in [0.05, 0.1) is 18.9 Å². The third kappa shape index (κ3) is 16.0. The van der Waals surface area contributed by atoms with Crippen LogP contribution in [0.25, 0.3) is 10.9 Å². The van der Waals surface area contributed by atoms with Crippen LogP contribution in [0.3, 0.4) is 0 Å². The highest BCUT2D eigenvalue weighted by Gasteiger charge is 2.36. The van der Waals surface area contributed by atoms with E-state index >= 15 is 0 Å². The van der Waals surface area contributed by atoms with Gasteiger partial charge >= 0.3 is 5.97 Å². The molecule has 7 atom stereocenters. The lowest BCUT2D eigenvalue weighted by Gasteiger charge is -2.31. The van der Waals surface area contributed by atoms with E-state index in [4.69, 9.17) is 5.73 Å². The zero-order chi connectivity index (χ0) is 51.0. The van der Waals surface area contributed by atoms with Crippen molar-refractivity contribution >= 4 is 64.1 Å². The molecule has 376 valence electrons.